The van der Waals surface area contributed by atoms with E-state index < -0.39 is 5.41 Å². The molecule has 0 bridgehead atoms. The van der Waals surface area contributed by atoms with E-state index in [2.05, 4.69) is 170 Å². The Morgan fingerprint density at radius 1 is 0.484 bits per heavy atom. The summed E-state index contributed by atoms with van der Waals surface area (Å²) in [6, 6.07) is 67.8. The Labute approximate surface area is 380 Å². The zero-order valence-electron chi connectivity index (χ0n) is 38.5. The Bertz CT molecular complexity index is 3450. The molecule has 0 aliphatic heterocycles. The molecule has 304 valence electrons. The average Bonchev–Trinajstić information content (AvgIpc) is 3.71. The maximum absolute atomic E-state index is 10.5. The summed E-state index contributed by atoms with van der Waals surface area (Å²) in [7, 11) is 0. The predicted octanol–water partition coefficient (Wildman–Crippen LogP) is 16.9. The van der Waals surface area contributed by atoms with E-state index in [-0.39, 0.29) is 12.1 Å². The molecule has 0 fully saturated rings. The van der Waals surface area contributed by atoms with Gasteiger partial charge < -0.3 is 4.90 Å². The summed E-state index contributed by atoms with van der Waals surface area (Å²) in [6.07, 6.45) is 13.5. The van der Waals surface area contributed by atoms with Gasteiger partial charge in [-0.15, -0.1) is 0 Å². The van der Waals surface area contributed by atoms with Gasteiger partial charge in [-0.1, -0.05) is 226 Å². The third-order valence-corrected chi connectivity index (χ3v) is 12.5. The van der Waals surface area contributed by atoms with Gasteiger partial charge in [0.1, 0.15) is 0 Å². The van der Waals surface area contributed by atoms with E-state index in [0.29, 0.717) is 11.1 Å². The van der Waals surface area contributed by atoms with Crippen LogP contribution in [0.5, 0.6) is 0 Å². The van der Waals surface area contributed by atoms with Gasteiger partial charge in [0.25, 0.3) is 0 Å². The van der Waals surface area contributed by atoms with Crippen LogP contribution in [0.1, 0.15) is 37.5 Å². The minimum atomic E-state index is -0.976. The van der Waals surface area contributed by atoms with Crippen LogP contribution in [-0.4, -0.2) is 0 Å². The van der Waals surface area contributed by atoms with Crippen molar-refractivity contribution in [3.63, 3.8) is 0 Å². The van der Waals surface area contributed by atoms with Gasteiger partial charge >= 0.3 is 0 Å². The van der Waals surface area contributed by atoms with Crippen molar-refractivity contribution in [3.05, 3.63) is 295 Å². The second-order valence-electron chi connectivity index (χ2n) is 16.0. The highest BCUT2D eigenvalue weighted by Gasteiger charge is 2.46. The van der Waals surface area contributed by atoms with Crippen LogP contribution in [0.2, 0.25) is 0 Å². The molecule has 0 saturated carbocycles. The molecule has 0 spiro atoms. The Kier molecular flexibility index (Phi) is 9.81. The molecule has 1 heteroatoms. The van der Waals surface area contributed by atoms with E-state index >= 15 is 0 Å². The van der Waals surface area contributed by atoms with Crippen molar-refractivity contribution < 1.29 is 4.11 Å². The van der Waals surface area contributed by atoms with Crippen LogP contribution >= 0.6 is 0 Å². The molecule has 0 aromatic heterocycles. The van der Waals surface area contributed by atoms with Crippen LogP contribution in [0.3, 0.4) is 0 Å². The summed E-state index contributed by atoms with van der Waals surface area (Å²) in [5.41, 5.74) is 9.99. The van der Waals surface area contributed by atoms with Crippen molar-refractivity contribution in [2.24, 2.45) is 0 Å². The highest BCUT2D eigenvalue weighted by atomic mass is 15.1. The predicted molar refractivity (Wildman–Crippen MR) is 277 cm³/mol. The van der Waals surface area contributed by atoms with Crippen molar-refractivity contribution in [3.8, 4) is 11.1 Å². The number of hydrogen-bond donors (Lipinski definition) is 0. The van der Waals surface area contributed by atoms with Crippen LogP contribution in [0.25, 0.3) is 61.2 Å². The number of rotatable bonds is 12. The highest BCUT2D eigenvalue weighted by molar-refractivity contribution is 6.25. The van der Waals surface area contributed by atoms with Crippen molar-refractivity contribution in [1.82, 2.24) is 0 Å². The molecule has 9 aromatic carbocycles. The van der Waals surface area contributed by atoms with Gasteiger partial charge in [-0.2, -0.15) is 0 Å². The van der Waals surface area contributed by atoms with Gasteiger partial charge in [-0.3, -0.25) is 0 Å². The molecule has 9 aromatic rings. The second-order valence-corrected chi connectivity index (χ2v) is 16.0. The molecule has 0 amide bonds. The van der Waals surface area contributed by atoms with Crippen molar-refractivity contribution in [1.29, 1.82) is 0 Å². The Hall–Kier alpha value is -8.26. The summed E-state index contributed by atoms with van der Waals surface area (Å²) >= 11 is 0. The van der Waals surface area contributed by atoms with Gasteiger partial charge in [0.05, 0.1) is 9.53 Å². The Morgan fingerprint density at radius 2 is 1.02 bits per heavy atom. The largest absolute Gasteiger partial charge is 0.317 e. The molecule has 0 atom stereocenters. The number of fused-ring (bicyclic) bond motifs is 7. The minimum Gasteiger partial charge on any atom is -0.317 e. The molecule has 0 unspecified atom stereocenters. The van der Waals surface area contributed by atoms with Gasteiger partial charge in [-0.25, -0.2) is 0 Å². The topological polar surface area (TPSA) is 3.24 Å². The van der Waals surface area contributed by atoms with Crippen LogP contribution in [-0.2, 0) is 5.41 Å². The molecule has 0 saturated heterocycles. The van der Waals surface area contributed by atoms with E-state index in [4.69, 9.17) is 1.37 Å². The van der Waals surface area contributed by atoms with Gasteiger partial charge in [-0.05, 0) is 124 Å². The van der Waals surface area contributed by atoms with Crippen LogP contribution < -0.4 is 4.90 Å². The summed E-state index contributed by atoms with van der Waals surface area (Å²) in [5.74, 6) is 0. The molecule has 1 aliphatic carbocycles. The van der Waals surface area contributed by atoms with Crippen molar-refractivity contribution in [2.75, 3.05) is 4.90 Å². The lowest BCUT2D eigenvalue weighted by molar-refractivity contribution is 0.761. The van der Waals surface area contributed by atoms with Gasteiger partial charge in [0, 0.05) is 17.6 Å². The molecule has 1 nitrogen and oxygen atoms in total. The molecule has 1 aliphatic rings. The number of nitrogens with zero attached hydrogens (tertiary/aromatic N) is 1. The van der Waals surface area contributed by atoms with E-state index in [1.54, 1.807) is 12.2 Å². The van der Waals surface area contributed by atoms with Crippen LogP contribution in [0.4, 0.5) is 11.4 Å². The van der Waals surface area contributed by atoms with E-state index in [1.807, 2.05) is 72.9 Å². The fourth-order valence-corrected chi connectivity index (χ4v) is 9.64. The Balaban J connectivity index is 1.22. The first kappa shape index (κ1) is 36.4. The normalized spacial score (nSPS) is 14.5. The van der Waals surface area contributed by atoms with Gasteiger partial charge in [0.15, 0.2) is 0 Å². The van der Waals surface area contributed by atoms with E-state index in [1.165, 1.54) is 16.2 Å². The molecule has 10 rings (SSSR count). The monoisotopic (exact) mass is 820 g/mol. The van der Waals surface area contributed by atoms with Crippen LogP contribution in [0.15, 0.2) is 262 Å². The van der Waals surface area contributed by atoms with Crippen molar-refractivity contribution in [2.45, 2.75) is 5.41 Å². The number of hydrogen-bond acceptors (Lipinski definition) is 1. The number of anilines is 2. The fraction of sp³-hybridized carbons (Fsp3) is 0.0159. The first-order valence-corrected chi connectivity index (χ1v) is 21.6. The summed E-state index contributed by atoms with van der Waals surface area (Å²) in [6.45, 7) is 8.84. The molecular weight excluding hydrogens is 771 g/mol. The lowest BCUT2D eigenvalue weighted by Crippen LogP contribution is -2.29. The van der Waals surface area contributed by atoms with Crippen LogP contribution in [0, 0.1) is 0 Å². The SMILES string of the molecule is [2H]C=C([2H])C1=C(/C([2H])=C/N(c2ccc(-c3ccc(/C=C\C=C)c(/C=C\C=C)c3)cc2)c2ccc3c4ccccc4c4ccccc4c3c2)C(c2ccccc2)(c2ccccc2)c2ccccc21. The number of benzene rings is 9. The third kappa shape index (κ3) is 6.85. The molecule has 0 N–H and O–H groups in total. The van der Waals surface area contributed by atoms with Crippen molar-refractivity contribution >= 4 is 61.4 Å². The Morgan fingerprint density at radius 3 is 1.64 bits per heavy atom. The molecule has 64 heavy (non-hydrogen) atoms. The summed E-state index contributed by atoms with van der Waals surface area (Å²) < 4.78 is 28.4. The quantitative estimate of drug-likeness (QED) is 0.0877. The maximum Gasteiger partial charge on any atom is 0.0714 e. The maximum atomic E-state index is 10.5. The summed E-state index contributed by atoms with van der Waals surface area (Å²) in [5, 5.41) is 6.99. The molecule has 0 heterocycles. The first-order valence-electron chi connectivity index (χ1n) is 23.2. The average molecular weight is 821 g/mol. The first-order chi connectivity index (χ1) is 33.0. The second kappa shape index (κ2) is 17.2. The molecule has 0 radical (unpaired) electrons. The zero-order valence-corrected chi connectivity index (χ0v) is 35.5. The smallest absolute Gasteiger partial charge is 0.0714 e. The fourth-order valence-electron chi connectivity index (χ4n) is 9.64. The number of allylic oxidation sites excluding steroid dienone is 8. The van der Waals surface area contributed by atoms with E-state index in [9.17, 15) is 2.74 Å². The zero-order chi connectivity index (χ0) is 45.9. The van der Waals surface area contributed by atoms with Gasteiger partial charge in [0.2, 0.25) is 0 Å². The lowest BCUT2D eigenvalue weighted by Gasteiger charge is -2.35. The summed E-state index contributed by atoms with van der Waals surface area (Å²) in [4.78, 5) is 2.11. The standard InChI is InChI=1S/C63H47N/c1-4-7-21-45-33-34-48(43-47(45)22-8-5-2)46-35-37-51(38-36-46)64(52-39-40-58-56-29-16-15-27-54(56)55-28-17-18-30-57(55)60(58)44-52)42-41-62-53(6-3)59-31-19-20-32-61(59)63(62,49-23-11-9-12-24-49)50-25-13-10-14-26-50/h4-44H,1-3H2/b21-7-,22-8-,42-41+/i3D,6D,41D/b6-3?,21-7-,22-8-,42-41+. The van der Waals surface area contributed by atoms with E-state index in [0.717, 1.165) is 78.6 Å². The molecular formula is C63H47N. The minimum absolute atomic E-state index is 0.0441. The lowest BCUT2D eigenvalue weighted by atomic mass is 9.67. The third-order valence-electron chi connectivity index (χ3n) is 12.5. The highest BCUT2D eigenvalue weighted by Crippen LogP contribution is 2.55.